The van der Waals surface area contributed by atoms with E-state index in [9.17, 15) is 13.2 Å². The molecule has 0 aromatic carbocycles. The molecular weight excluding hydrogens is 251 g/mol. The number of rotatable bonds is 6. The zero-order valence-corrected chi connectivity index (χ0v) is 12.4. The van der Waals surface area contributed by atoms with Crippen LogP contribution in [0.15, 0.2) is 0 Å². The normalized spacial score (nSPS) is 28.1. The van der Waals surface area contributed by atoms with Crippen LogP contribution in [0.25, 0.3) is 0 Å². The van der Waals surface area contributed by atoms with E-state index in [1.54, 1.807) is 0 Å². The molecule has 0 amide bonds. The maximum atomic E-state index is 12.6. The molecule has 1 N–H and O–H groups in total. The average molecular weight is 279 g/mol. The van der Waals surface area contributed by atoms with E-state index in [4.69, 9.17) is 0 Å². The van der Waals surface area contributed by atoms with E-state index < -0.39 is 12.1 Å². The number of alkyl halides is 3. The molecule has 2 unspecified atom stereocenters. The standard InChI is InChI=1S/C15H28F3N/c1-4-5-11(2)10-14(19-3)12-6-8-13(9-7-12)15(16,17)18/h11-14,19H,4-10H2,1-3H3. The third kappa shape index (κ3) is 5.33. The Kier molecular flexibility index (Phi) is 6.64. The smallest absolute Gasteiger partial charge is 0.317 e. The maximum Gasteiger partial charge on any atom is 0.391 e. The molecule has 0 aliphatic heterocycles. The van der Waals surface area contributed by atoms with Gasteiger partial charge >= 0.3 is 6.18 Å². The third-order valence-electron chi connectivity index (χ3n) is 4.61. The fourth-order valence-electron chi connectivity index (χ4n) is 3.44. The lowest BCUT2D eigenvalue weighted by Gasteiger charge is -2.35. The Balaban J connectivity index is 2.43. The fourth-order valence-corrected chi connectivity index (χ4v) is 3.44. The Hall–Kier alpha value is -0.250. The summed E-state index contributed by atoms with van der Waals surface area (Å²) in [5.41, 5.74) is 0. The molecular formula is C15H28F3N. The number of hydrogen-bond donors (Lipinski definition) is 1. The lowest BCUT2D eigenvalue weighted by molar-refractivity contribution is -0.184. The number of hydrogen-bond acceptors (Lipinski definition) is 1. The van der Waals surface area contributed by atoms with Crippen molar-refractivity contribution in [2.75, 3.05) is 7.05 Å². The minimum atomic E-state index is -3.99. The summed E-state index contributed by atoms with van der Waals surface area (Å²) in [5.74, 6) is 0.0139. The third-order valence-corrected chi connectivity index (χ3v) is 4.61. The Morgan fingerprint density at radius 3 is 2.16 bits per heavy atom. The van der Waals surface area contributed by atoms with Crippen molar-refractivity contribution < 1.29 is 13.2 Å². The lowest BCUT2D eigenvalue weighted by Crippen LogP contribution is -2.39. The zero-order valence-electron chi connectivity index (χ0n) is 12.4. The minimum absolute atomic E-state index is 0.314. The van der Waals surface area contributed by atoms with Gasteiger partial charge < -0.3 is 5.32 Å². The monoisotopic (exact) mass is 279 g/mol. The molecule has 0 spiro atoms. The van der Waals surface area contributed by atoms with E-state index in [1.807, 2.05) is 7.05 Å². The highest BCUT2D eigenvalue weighted by Gasteiger charge is 2.42. The highest BCUT2D eigenvalue weighted by molar-refractivity contribution is 4.84. The largest absolute Gasteiger partial charge is 0.391 e. The van der Waals surface area contributed by atoms with Crippen molar-refractivity contribution in [2.24, 2.45) is 17.8 Å². The molecule has 1 rings (SSSR count). The molecule has 1 aliphatic rings. The predicted octanol–water partition coefficient (Wildman–Crippen LogP) is 4.77. The molecule has 1 fully saturated rings. The van der Waals surface area contributed by atoms with Crippen molar-refractivity contribution in [3.8, 4) is 0 Å². The van der Waals surface area contributed by atoms with Gasteiger partial charge in [-0.05, 0) is 51.0 Å². The van der Waals surface area contributed by atoms with E-state index >= 15 is 0 Å². The van der Waals surface area contributed by atoms with Crippen LogP contribution in [-0.2, 0) is 0 Å². The van der Waals surface area contributed by atoms with Crippen molar-refractivity contribution in [3.63, 3.8) is 0 Å². The van der Waals surface area contributed by atoms with E-state index in [2.05, 4.69) is 19.2 Å². The van der Waals surface area contributed by atoms with Crippen molar-refractivity contribution >= 4 is 0 Å². The summed E-state index contributed by atoms with van der Waals surface area (Å²) in [6, 6.07) is 0.385. The summed E-state index contributed by atoms with van der Waals surface area (Å²) in [6.07, 6.45) is 1.54. The quantitative estimate of drug-likeness (QED) is 0.738. The van der Waals surface area contributed by atoms with Gasteiger partial charge in [0, 0.05) is 6.04 Å². The summed E-state index contributed by atoms with van der Waals surface area (Å²) in [7, 11) is 1.94. The van der Waals surface area contributed by atoms with Crippen molar-refractivity contribution in [2.45, 2.75) is 71.0 Å². The van der Waals surface area contributed by atoms with Gasteiger partial charge in [0.15, 0.2) is 0 Å². The Labute approximate surface area is 115 Å². The first-order chi connectivity index (χ1) is 8.88. The Morgan fingerprint density at radius 1 is 1.16 bits per heavy atom. The summed E-state index contributed by atoms with van der Waals surface area (Å²) < 4.78 is 37.9. The molecule has 1 nitrogen and oxygen atoms in total. The van der Waals surface area contributed by atoms with E-state index in [0.717, 1.165) is 6.42 Å². The van der Waals surface area contributed by atoms with E-state index in [1.165, 1.54) is 12.8 Å². The first kappa shape index (κ1) is 16.8. The summed E-state index contributed by atoms with van der Waals surface area (Å²) in [4.78, 5) is 0. The van der Waals surface area contributed by atoms with Crippen molar-refractivity contribution in [1.82, 2.24) is 5.32 Å². The van der Waals surface area contributed by atoms with Gasteiger partial charge in [-0.3, -0.25) is 0 Å². The number of nitrogens with one attached hydrogen (secondary N) is 1. The molecule has 0 bridgehead atoms. The molecule has 1 aliphatic carbocycles. The van der Waals surface area contributed by atoms with Crippen LogP contribution in [0.3, 0.4) is 0 Å². The summed E-state index contributed by atoms with van der Waals surface area (Å²) >= 11 is 0. The molecule has 114 valence electrons. The van der Waals surface area contributed by atoms with Crippen LogP contribution in [0.2, 0.25) is 0 Å². The van der Waals surface area contributed by atoms with Crippen LogP contribution in [0, 0.1) is 17.8 Å². The molecule has 0 heterocycles. The van der Waals surface area contributed by atoms with Gasteiger partial charge in [-0.15, -0.1) is 0 Å². The molecule has 0 aromatic rings. The van der Waals surface area contributed by atoms with Gasteiger partial charge in [-0.2, -0.15) is 13.2 Å². The van der Waals surface area contributed by atoms with Crippen LogP contribution in [-0.4, -0.2) is 19.3 Å². The molecule has 0 saturated heterocycles. The van der Waals surface area contributed by atoms with Gasteiger partial charge in [0.05, 0.1) is 5.92 Å². The van der Waals surface area contributed by atoms with E-state index in [0.29, 0.717) is 43.6 Å². The van der Waals surface area contributed by atoms with Gasteiger partial charge in [0.2, 0.25) is 0 Å². The Morgan fingerprint density at radius 2 is 1.74 bits per heavy atom. The van der Waals surface area contributed by atoms with Crippen molar-refractivity contribution in [3.05, 3.63) is 0 Å². The summed E-state index contributed by atoms with van der Waals surface area (Å²) in [5, 5.41) is 3.33. The van der Waals surface area contributed by atoms with Crippen molar-refractivity contribution in [1.29, 1.82) is 0 Å². The highest BCUT2D eigenvalue weighted by atomic mass is 19.4. The second kappa shape index (κ2) is 7.51. The first-order valence-corrected chi connectivity index (χ1v) is 7.62. The molecule has 19 heavy (non-hydrogen) atoms. The average Bonchev–Trinajstić information content (AvgIpc) is 2.35. The lowest BCUT2D eigenvalue weighted by atomic mass is 9.76. The predicted molar refractivity (Wildman–Crippen MR) is 73.0 cm³/mol. The van der Waals surface area contributed by atoms with Gasteiger partial charge in [-0.1, -0.05) is 26.7 Å². The SMILES string of the molecule is CCCC(C)CC(NC)C1CCC(C(F)(F)F)CC1. The summed E-state index contributed by atoms with van der Waals surface area (Å²) in [6.45, 7) is 4.43. The van der Waals surface area contributed by atoms with E-state index in [-0.39, 0.29) is 0 Å². The molecule has 2 atom stereocenters. The van der Waals surface area contributed by atoms with Crippen LogP contribution < -0.4 is 5.32 Å². The molecule has 1 saturated carbocycles. The van der Waals surface area contributed by atoms with Gasteiger partial charge in [0.1, 0.15) is 0 Å². The van der Waals surface area contributed by atoms with Crippen LogP contribution in [0.1, 0.15) is 58.8 Å². The first-order valence-electron chi connectivity index (χ1n) is 7.62. The Bertz CT molecular complexity index is 244. The van der Waals surface area contributed by atoms with Gasteiger partial charge in [0.25, 0.3) is 0 Å². The zero-order chi connectivity index (χ0) is 14.5. The van der Waals surface area contributed by atoms with Crippen LogP contribution in [0.5, 0.6) is 0 Å². The molecule has 0 aromatic heterocycles. The van der Waals surface area contributed by atoms with Crippen LogP contribution >= 0.6 is 0 Å². The van der Waals surface area contributed by atoms with Crippen LogP contribution in [0.4, 0.5) is 13.2 Å². The highest BCUT2D eigenvalue weighted by Crippen LogP contribution is 2.41. The fraction of sp³-hybridized carbons (Fsp3) is 1.00. The molecule has 4 heteroatoms. The molecule has 0 radical (unpaired) electrons. The topological polar surface area (TPSA) is 12.0 Å². The second-order valence-electron chi connectivity index (χ2n) is 6.18. The maximum absolute atomic E-state index is 12.6. The second-order valence-corrected chi connectivity index (χ2v) is 6.18. The minimum Gasteiger partial charge on any atom is -0.317 e. The number of halogens is 3. The van der Waals surface area contributed by atoms with Gasteiger partial charge in [-0.25, -0.2) is 0 Å².